The van der Waals surface area contributed by atoms with Gasteiger partial charge in [0.15, 0.2) is 0 Å². The Kier molecular flexibility index (Phi) is 3.88. The molecule has 2 amide bonds. The fourth-order valence-corrected chi connectivity index (χ4v) is 1.12. The van der Waals surface area contributed by atoms with Crippen molar-refractivity contribution in [1.82, 2.24) is 10.4 Å². The number of carbonyl (C=O) groups excluding carboxylic acids is 1. The van der Waals surface area contributed by atoms with Crippen LogP contribution in [-0.4, -0.2) is 25.1 Å². The Balaban J connectivity index is 2.65. The van der Waals surface area contributed by atoms with Gasteiger partial charge in [0.2, 0.25) is 0 Å². The van der Waals surface area contributed by atoms with Gasteiger partial charge in [0, 0.05) is 19.8 Å². The third-order valence-corrected chi connectivity index (χ3v) is 1.79. The van der Waals surface area contributed by atoms with Crippen molar-refractivity contribution in [2.75, 3.05) is 19.4 Å². The van der Waals surface area contributed by atoms with Crippen LogP contribution in [0, 0.1) is 5.82 Å². The molecule has 6 heteroatoms. The zero-order chi connectivity index (χ0) is 11.4. The quantitative estimate of drug-likeness (QED) is 0.766. The lowest BCUT2D eigenvalue weighted by atomic mass is 10.3. The molecular formula is C9H11ClFN3O. The largest absolute Gasteiger partial charge is 0.333 e. The zero-order valence-electron chi connectivity index (χ0n) is 8.34. The van der Waals surface area contributed by atoms with Gasteiger partial charge in [0.1, 0.15) is 5.82 Å². The van der Waals surface area contributed by atoms with Crippen LogP contribution in [0.2, 0.25) is 5.02 Å². The summed E-state index contributed by atoms with van der Waals surface area (Å²) in [6.45, 7) is 0. The number of urea groups is 1. The minimum absolute atomic E-state index is 0.0300. The zero-order valence-corrected chi connectivity index (χ0v) is 9.10. The second kappa shape index (κ2) is 4.95. The van der Waals surface area contributed by atoms with Crippen molar-refractivity contribution in [2.45, 2.75) is 0 Å². The summed E-state index contributed by atoms with van der Waals surface area (Å²) in [5.74, 6) is -0.518. The van der Waals surface area contributed by atoms with Gasteiger partial charge in [-0.15, -0.1) is 0 Å². The average molecular weight is 232 g/mol. The maximum Gasteiger partial charge on any atom is 0.333 e. The Morgan fingerprint density at radius 1 is 1.47 bits per heavy atom. The van der Waals surface area contributed by atoms with Gasteiger partial charge < -0.3 is 5.32 Å². The van der Waals surface area contributed by atoms with Crippen LogP contribution in [0.3, 0.4) is 0 Å². The van der Waals surface area contributed by atoms with Crippen molar-refractivity contribution in [3.63, 3.8) is 0 Å². The van der Waals surface area contributed by atoms with Crippen molar-refractivity contribution >= 4 is 23.3 Å². The number of nitrogens with one attached hydrogen (secondary N) is 2. The molecule has 0 spiro atoms. The molecule has 0 bridgehead atoms. The number of benzene rings is 1. The number of hydrazine groups is 1. The van der Waals surface area contributed by atoms with Crippen molar-refractivity contribution in [3.8, 4) is 0 Å². The highest BCUT2D eigenvalue weighted by atomic mass is 35.5. The topological polar surface area (TPSA) is 44.4 Å². The molecule has 0 radical (unpaired) electrons. The van der Waals surface area contributed by atoms with E-state index >= 15 is 0 Å². The van der Waals surface area contributed by atoms with Gasteiger partial charge in [-0.3, -0.25) is 5.43 Å². The van der Waals surface area contributed by atoms with E-state index in [1.807, 2.05) is 0 Å². The highest BCUT2D eigenvalue weighted by Crippen LogP contribution is 2.18. The molecule has 2 N–H and O–H groups in total. The Hall–Kier alpha value is -1.33. The van der Waals surface area contributed by atoms with E-state index in [1.54, 1.807) is 14.1 Å². The van der Waals surface area contributed by atoms with Crippen LogP contribution in [0.5, 0.6) is 0 Å². The van der Waals surface area contributed by atoms with Gasteiger partial charge in [0.25, 0.3) is 0 Å². The van der Waals surface area contributed by atoms with E-state index in [4.69, 9.17) is 11.6 Å². The lowest BCUT2D eigenvalue weighted by molar-refractivity contribution is 0.224. The minimum Gasteiger partial charge on any atom is -0.307 e. The molecule has 82 valence electrons. The number of rotatable bonds is 2. The van der Waals surface area contributed by atoms with Crippen LogP contribution >= 0.6 is 11.6 Å². The van der Waals surface area contributed by atoms with Crippen molar-refractivity contribution in [3.05, 3.63) is 29.0 Å². The van der Waals surface area contributed by atoms with Gasteiger partial charge in [-0.25, -0.2) is 14.2 Å². The molecule has 15 heavy (non-hydrogen) atoms. The molecule has 0 aliphatic rings. The van der Waals surface area contributed by atoms with Crippen LogP contribution in [-0.2, 0) is 0 Å². The van der Waals surface area contributed by atoms with Gasteiger partial charge in [-0.05, 0) is 18.2 Å². The minimum atomic E-state index is -0.518. The molecule has 0 fully saturated rings. The first kappa shape index (κ1) is 11.7. The summed E-state index contributed by atoms with van der Waals surface area (Å²) in [6, 6.07) is 3.54. The van der Waals surface area contributed by atoms with E-state index in [0.717, 1.165) is 0 Å². The summed E-state index contributed by atoms with van der Waals surface area (Å²) in [7, 11) is 3.36. The fourth-order valence-electron chi connectivity index (χ4n) is 0.936. The van der Waals surface area contributed by atoms with Crippen molar-refractivity contribution < 1.29 is 9.18 Å². The first-order chi connectivity index (χ1) is 6.99. The molecule has 0 aliphatic heterocycles. The van der Waals surface area contributed by atoms with E-state index < -0.39 is 11.8 Å². The summed E-state index contributed by atoms with van der Waals surface area (Å²) >= 11 is 5.55. The molecule has 0 aromatic heterocycles. The van der Waals surface area contributed by atoms with Crippen molar-refractivity contribution in [2.24, 2.45) is 0 Å². The Morgan fingerprint density at radius 2 is 2.13 bits per heavy atom. The third kappa shape index (κ3) is 3.73. The molecule has 0 saturated heterocycles. The highest BCUT2D eigenvalue weighted by Gasteiger charge is 2.04. The summed E-state index contributed by atoms with van der Waals surface area (Å²) in [6.07, 6.45) is 0. The SMILES string of the molecule is CN(C)NC(=O)Nc1ccc(F)c(Cl)c1. The van der Waals surface area contributed by atoms with E-state index in [0.29, 0.717) is 5.69 Å². The summed E-state index contributed by atoms with van der Waals surface area (Å²) < 4.78 is 12.8. The second-order valence-corrected chi connectivity index (χ2v) is 3.50. The van der Waals surface area contributed by atoms with Gasteiger partial charge in [0.05, 0.1) is 5.02 Å². The molecule has 4 nitrogen and oxygen atoms in total. The lowest BCUT2D eigenvalue weighted by Crippen LogP contribution is -2.39. The fraction of sp³-hybridized carbons (Fsp3) is 0.222. The number of halogens is 2. The molecule has 1 aromatic rings. The Morgan fingerprint density at radius 3 is 2.67 bits per heavy atom. The lowest BCUT2D eigenvalue weighted by Gasteiger charge is -2.12. The maximum atomic E-state index is 12.8. The maximum absolute atomic E-state index is 12.8. The number of anilines is 1. The van der Waals surface area contributed by atoms with Crippen LogP contribution < -0.4 is 10.7 Å². The van der Waals surface area contributed by atoms with Crippen LogP contribution in [0.15, 0.2) is 18.2 Å². The van der Waals surface area contributed by atoms with Gasteiger partial charge >= 0.3 is 6.03 Å². The number of hydrogen-bond donors (Lipinski definition) is 2. The van der Waals surface area contributed by atoms with E-state index in [1.165, 1.54) is 23.2 Å². The van der Waals surface area contributed by atoms with Gasteiger partial charge in [-0.2, -0.15) is 0 Å². The number of nitrogens with zero attached hydrogens (tertiary/aromatic N) is 1. The molecular weight excluding hydrogens is 221 g/mol. The summed E-state index contributed by atoms with van der Waals surface area (Å²) in [5, 5.41) is 3.96. The second-order valence-electron chi connectivity index (χ2n) is 3.09. The predicted octanol–water partition coefficient (Wildman–Crippen LogP) is 2.08. The monoisotopic (exact) mass is 231 g/mol. The highest BCUT2D eigenvalue weighted by molar-refractivity contribution is 6.31. The molecule has 0 saturated carbocycles. The molecule has 0 heterocycles. The third-order valence-electron chi connectivity index (χ3n) is 1.50. The molecule has 0 unspecified atom stereocenters. The predicted molar refractivity (Wildman–Crippen MR) is 57.3 cm³/mol. The first-order valence-electron chi connectivity index (χ1n) is 4.19. The standard InChI is InChI=1S/C9H11ClFN3O/c1-14(2)13-9(15)12-6-3-4-8(11)7(10)5-6/h3-5H,1-2H3,(H2,12,13,15). The Bertz CT molecular complexity index is 370. The van der Waals surface area contributed by atoms with Gasteiger partial charge in [-0.1, -0.05) is 11.6 Å². The summed E-state index contributed by atoms with van der Waals surface area (Å²) in [5.41, 5.74) is 2.90. The summed E-state index contributed by atoms with van der Waals surface area (Å²) in [4.78, 5) is 11.2. The smallest absolute Gasteiger partial charge is 0.307 e. The number of amides is 2. The molecule has 1 aromatic carbocycles. The molecule has 1 rings (SSSR count). The van der Waals surface area contributed by atoms with Crippen LogP contribution in [0.4, 0.5) is 14.9 Å². The van der Waals surface area contributed by atoms with E-state index in [2.05, 4.69) is 10.7 Å². The number of carbonyl (C=O) groups is 1. The van der Waals surface area contributed by atoms with Crippen LogP contribution in [0.1, 0.15) is 0 Å². The first-order valence-corrected chi connectivity index (χ1v) is 4.57. The van der Waals surface area contributed by atoms with E-state index in [9.17, 15) is 9.18 Å². The average Bonchev–Trinajstić information content (AvgIpc) is 2.10. The Labute approximate surface area is 92.0 Å². The normalized spacial score (nSPS) is 10.2. The van der Waals surface area contributed by atoms with E-state index in [-0.39, 0.29) is 5.02 Å². The number of hydrogen-bond acceptors (Lipinski definition) is 2. The molecule has 0 atom stereocenters. The van der Waals surface area contributed by atoms with Crippen LogP contribution in [0.25, 0.3) is 0 Å². The molecule has 0 aliphatic carbocycles. The van der Waals surface area contributed by atoms with Crippen molar-refractivity contribution in [1.29, 1.82) is 0 Å².